The molecule has 0 unspecified atom stereocenters. The Labute approximate surface area is 209 Å². The molecule has 10 atom stereocenters. The zero-order valence-electron chi connectivity index (χ0n) is 20.9. The first kappa shape index (κ1) is 29.3. The quantitative estimate of drug-likeness (QED) is 0.143. The van der Waals surface area contributed by atoms with Crippen molar-refractivity contribution in [1.82, 2.24) is 0 Å². The predicted octanol–water partition coefficient (Wildman–Crippen LogP) is -2.12. The first-order valence-corrected chi connectivity index (χ1v) is 11.9. The molecule has 0 aromatic heterocycles. The summed E-state index contributed by atoms with van der Waals surface area (Å²) >= 11 is 0. The highest BCUT2D eigenvalue weighted by Crippen LogP contribution is 2.48. The summed E-state index contributed by atoms with van der Waals surface area (Å²) in [6, 6.07) is 0. The molecule has 2 aliphatic heterocycles. The van der Waals surface area contributed by atoms with Gasteiger partial charge in [-0.25, -0.2) is 0 Å². The summed E-state index contributed by atoms with van der Waals surface area (Å²) in [5.74, 6) is -0.235. The summed E-state index contributed by atoms with van der Waals surface area (Å²) in [4.78, 5) is 11.6. The summed E-state index contributed by atoms with van der Waals surface area (Å²) in [5.41, 5.74) is -0.245. The van der Waals surface area contributed by atoms with Crippen molar-refractivity contribution in [3.63, 3.8) is 0 Å². The number of carbonyl (C=O) groups excluding carboxylic acids is 1. The second-order valence-corrected chi connectivity index (χ2v) is 10.8. The maximum atomic E-state index is 11.6. The lowest BCUT2D eigenvalue weighted by molar-refractivity contribution is -0.331. The van der Waals surface area contributed by atoms with Crippen molar-refractivity contribution in [3.05, 3.63) is 17.4 Å². The van der Waals surface area contributed by atoms with Crippen molar-refractivity contribution in [2.24, 2.45) is 5.41 Å². The lowest BCUT2D eigenvalue weighted by Crippen LogP contribution is -2.62. The molecule has 0 aromatic rings. The molecule has 3 fully saturated rings. The smallest absolute Gasteiger partial charge is 0.187 e. The van der Waals surface area contributed by atoms with Crippen LogP contribution < -0.4 is 0 Å². The summed E-state index contributed by atoms with van der Waals surface area (Å²) < 4.78 is 22.5. The van der Waals surface area contributed by atoms with E-state index in [2.05, 4.69) is 5.73 Å². The van der Waals surface area contributed by atoms with Crippen LogP contribution in [0.1, 0.15) is 40.5 Å². The standard InChI is InChI=1S/C24H38O12/c1-12(26)5-6-15-22(2,3)7-13(27)8-23(15,4)36-20-18(30)17(29)16(28)14(35-20)9-33-21-19(31)24(32,10-25)11-34-21/h5,13-14,16-21,25,27-32H,7-11H2,1-4H3/t6?,13-,14+,16+,17-,18+,19-,20-,21-,23+,24+/m0/s1. The van der Waals surface area contributed by atoms with Crippen molar-refractivity contribution in [2.45, 2.75) is 101 Å². The summed E-state index contributed by atoms with van der Waals surface area (Å²) in [6.07, 6.45) is -9.58. The van der Waals surface area contributed by atoms with Crippen molar-refractivity contribution in [1.29, 1.82) is 0 Å². The van der Waals surface area contributed by atoms with E-state index in [9.17, 15) is 40.5 Å². The lowest BCUT2D eigenvalue weighted by Gasteiger charge is -2.50. The van der Waals surface area contributed by atoms with Gasteiger partial charge in [-0.05, 0) is 25.7 Å². The molecule has 1 aliphatic carbocycles. The van der Waals surface area contributed by atoms with Crippen LogP contribution in [-0.2, 0) is 23.7 Å². The molecule has 0 spiro atoms. The average Bonchev–Trinajstić information content (AvgIpc) is 3.06. The number of ketones is 1. The molecule has 0 bridgehead atoms. The molecule has 2 saturated heterocycles. The number of aliphatic hydroxyl groups is 7. The fourth-order valence-electron chi connectivity index (χ4n) is 5.19. The van der Waals surface area contributed by atoms with Crippen LogP contribution >= 0.6 is 0 Å². The monoisotopic (exact) mass is 518 g/mol. The van der Waals surface area contributed by atoms with E-state index in [-0.39, 0.29) is 18.8 Å². The molecule has 12 heteroatoms. The van der Waals surface area contributed by atoms with Gasteiger partial charge in [-0.15, -0.1) is 5.73 Å². The van der Waals surface area contributed by atoms with Crippen LogP contribution in [-0.4, -0.2) is 122 Å². The molecule has 36 heavy (non-hydrogen) atoms. The number of ether oxygens (including phenoxy) is 4. The topological polar surface area (TPSA) is 196 Å². The highest BCUT2D eigenvalue weighted by molar-refractivity contribution is 5.87. The first-order chi connectivity index (χ1) is 16.6. The fourth-order valence-corrected chi connectivity index (χ4v) is 5.19. The summed E-state index contributed by atoms with van der Waals surface area (Å²) in [5, 5.41) is 71.6. The van der Waals surface area contributed by atoms with Gasteiger partial charge in [0.1, 0.15) is 36.1 Å². The van der Waals surface area contributed by atoms with Gasteiger partial charge in [0.15, 0.2) is 18.4 Å². The fraction of sp³-hybridized carbons (Fsp3) is 0.833. The minimum absolute atomic E-state index is 0.0960. The van der Waals surface area contributed by atoms with Crippen LogP contribution in [0, 0.1) is 5.41 Å². The zero-order valence-corrected chi connectivity index (χ0v) is 20.9. The van der Waals surface area contributed by atoms with E-state index in [1.165, 1.54) is 13.0 Å². The van der Waals surface area contributed by atoms with E-state index in [0.717, 1.165) is 0 Å². The van der Waals surface area contributed by atoms with Crippen LogP contribution in [0.25, 0.3) is 0 Å². The molecule has 7 N–H and O–H groups in total. The third kappa shape index (κ3) is 5.91. The highest BCUT2D eigenvalue weighted by atomic mass is 16.7. The minimum atomic E-state index is -1.91. The Bertz CT molecular complexity index is 869. The predicted molar refractivity (Wildman–Crippen MR) is 121 cm³/mol. The van der Waals surface area contributed by atoms with Crippen molar-refractivity contribution in [2.75, 3.05) is 19.8 Å². The number of hydrogen-bond acceptors (Lipinski definition) is 12. The van der Waals surface area contributed by atoms with Gasteiger partial charge in [0.05, 0.1) is 31.5 Å². The number of carbonyl (C=O) groups is 1. The summed E-state index contributed by atoms with van der Waals surface area (Å²) in [7, 11) is 0. The van der Waals surface area contributed by atoms with E-state index in [1.54, 1.807) is 6.92 Å². The molecule has 12 nitrogen and oxygen atoms in total. The Hall–Kier alpha value is -1.25. The molecule has 3 aliphatic rings. The van der Waals surface area contributed by atoms with Crippen molar-refractivity contribution < 1.29 is 59.5 Å². The van der Waals surface area contributed by atoms with Crippen LogP contribution in [0.4, 0.5) is 0 Å². The van der Waals surface area contributed by atoms with Crippen LogP contribution in [0.2, 0.25) is 0 Å². The molecule has 3 rings (SSSR count). The number of hydrogen-bond donors (Lipinski definition) is 7. The Morgan fingerprint density at radius 2 is 1.75 bits per heavy atom. The highest BCUT2D eigenvalue weighted by Gasteiger charge is 2.53. The molecular formula is C24H38O12. The second-order valence-electron chi connectivity index (χ2n) is 10.8. The van der Waals surface area contributed by atoms with Crippen molar-refractivity contribution >= 4 is 5.78 Å². The average molecular weight is 519 g/mol. The van der Waals surface area contributed by atoms with Gasteiger partial charge in [-0.2, -0.15) is 0 Å². The van der Waals surface area contributed by atoms with E-state index in [1.807, 2.05) is 13.8 Å². The van der Waals surface area contributed by atoms with E-state index < -0.39 is 79.0 Å². The zero-order chi connectivity index (χ0) is 27.1. The maximum Gasteiger partial charge on any atom is 0.187 e. The largest absolute Gasteiger partial charge is 0.393 e. The van der Waals surface area contributed by atoms with Crippen LogP contribution in [0.5, 0.6) is 0 Å². The minimum Gasteiger partial charge on any atom is -0.393 e. The maximum absolute atomic E-state index is 11.6. The van der Waals surface area contributed by atoms with E-state index >= 15 is 0 Å². The summed E-state index contributed by atoms with van der Waals surface area (Å²) in [6.45, 7) is 5.19. The third-order valence-electron chi connectivity index (χ3n) is 7.05. The van der Waals surface area contributed by atoms with E-state index in [0.29, 0.717) is 12.0 Å². The number of rotatable bonds is 7. The normalized spacial score (nSPS) is 44.8. The van der Waals surface area contributed by atoms with Gasteiger partial charge in [0.25, 0.3) is 0 Å². The van der Waals surface area contributed by atoms with Gasteiger partial charge in [0, 0.05) is 18.1 Å². The molecule has 2 heterocycles. The molecule has 0 aromatic carbocycles. The SMILES string of the molecule is CC(=O)C=C=C1C(C)(C)C[C@H](O)C[C@@]1(C)O[C@@H]1O[C@H](CO[C@H]2OC[C@](O)(CO)[C@H]2O)[C@@H](O)[C@H](O)[C@H]1O. The Morgan fingerprint density at radius 1 is 1.08 bits per heavy atom. The van der Waals surface area contributed by atoms with Gasteiger partial charge in [0.2, 0.25) is 0 Å². The molecule has 206 valence electrons. The second kappa shape index (κ2) is 10.9. The molecular weight excluding hydrogens is 480 g/mol. The van der Waals surface area contributed by atoms with Gasteiger partial charge >= 0.3 is 0 Å². The van der Waals surface area contributed by atoms with Crippen LogP contribution in [0.3, 0.4) is 0 Å². The first-order valence-electron chi connectivity index (χ1n) is 11.9. The Morgan fingerprint density at radius 3 is 2.33 bits per heavy atom. The van der Waals surface area contributed by atoms with Gasteiger partial charge < -0.3 is 54.7 Å². The van der Waals surface area contributed by atoms with Crippen LogP contribution in [0.15, 0.2) is 17.4 Å². The lowest BCUT2D eigenvalue weighted by atomic mass is 9.65. The molecule has 0 amide bonds. The van der Waals surface area contributed by atoms with Gasteiger partial charge in [-0.3, -0.25) is 4.79 Å². The molecule has 0 radical (unpaired) electrons. The third-order valence-corrected chi connectivity index (χ3v) is 7.05. The Kier molecular flexibility index (Phi) is 8.84. The Balaban J connectivity index is 1.79. The van der Waals surface area contributed by atoms with Crippen molar-refractivity contribution in [3.8, 4) is 0 Å². The number of aliphatic hydroxyl groups excluding tert-OH is 6. The van der Waals surface area contributed by atoms with E-state index in [4.69, 9.17) is 18.9 Å². The molecule has 1 saturated carbocycles. The van der Waals surface area contributed by atoms with Gasteiger partial charge in [-0.1, -0.05) is 13.8 Å².